The van der Waals surface area contributed by atoms with Crippen molar-refractivity contribution in [2.24, 2.45) is 5.84 Å². The number of ether oxygens (including phenoxy) is 1. The fourth-order valence-electron chi connectivity index (χ4n) is 1.70. The molecule has 0 fully saturated rings. The monoisotopic (exact) mass is 286 g/mol. The summed E-state index contributed by atoms with van der Waals surface area (Å²) in [5.41, 5.74) is 3.05. The summed E-state index contributed by atoms with van der Waals surface area (Å²) >= 11 is 3.31. The number of nitrogens with one attached hydrogen (secondary N) is 1. The Morgan fingerprint density at radius 2 is 2.31 bits per heavy atom. The third kappa shape index (κ3) is 2.26. The van der Waals surface area contributed by atoms with Gasteiger partial charge in [0, 0.05) is 16.5 Å². The largest absolute Gasteiger partial charge is 0.496 e. The molecule has 1 heterocycles. The van der Waals surface area contributed by atoms with Crippen molar-refractivity contribution in [1.82, 2.24) is 5.43 Å². The maximum absolute atomic E-state index is 13.7. The van der Waals surface area contributed by atoms with E-state index in [1.807, 2.05) is 6.08 Å². The summed E-state index contributed by atoms with van der Waals surface area (Å²) in [6.07, 6.45) is 2.76. The van der Waals surface area contributed by atoms with Crippen molar-refractivity contribution in [1.29, 1.82) is 0 Å². The molecule has 1 atom stereocenters. The molecule has 5 heteroatoms. The lowest BCUT2D eigenvalue weighted by molar-refractivity contribution is 0.214. The van der Waals surface area contributed by atoms with E-state index in [2.05, 4.69) is 21.4 Å². The Bertz CT molecular complexity index is 422. The van der Waals surface area contributed by atoms with E-state index in [1.54, 1.807) is 12.1 Å². The molecule has 0 aromatic heterocycles. The maximum Gasteiger partial charge on any atom is 0.128 e. The number of hydrogen-bond donors (Lipinski definition) is 2. The van der Waals surface area contributed by atoms with E-state index >= 15 is 0 Å². The van der Waals surface area contributed by atoms with Crippen LogP contribution in [0.25, 0.3) is 0 Å². The fraction of sp³-hybridized carbons (Fsp3) is 0.273. The minimum atomic E-state index is -0.431. The van der Waals surface area contributed by atoms with Crippen molar-refractivity contribution in [3.8, 4) is 0 Å². The molecule has 1 aliphatic heterocycles. The second-order valence-electron chi connectivity index (χ2n) is 3.51. The first-order valence-electron chi connectivity index (χ1n) is 4.96. The molecule has 16 heavy (non-hydrogen) atoms. The van der Waals surface area contributed by atoms with E-state index < -0.39 is 6.04 Å². The normalized spacial score (nSPS) is 16.8. The molecule has 0 saturated heterocycles. The first-order valence-corrected chi connectivity index (χ1v) is 5.75. The number of rotatable bonds is 3. The Morgan fingerprint density at radius 3 is 2.94 bits per heavy atom. The van der Waals surface area contributed by atoms with Crippen molar-refractivity contribution < 1.29 is 9.13 Å². The van der Waals surface area contributed by atoms with Crippen LogP contribution in [0.5, 0.6) is 0 Å². The van der Waals surface area contributed by atoms with Crippen molar-refractivity contribution in [3.05, 3.63) is 45.9 Å². The van der Waals surface area contributed by atoms with Crippen LogP contribution in [-0.4, -0.2) is 6.61 Å². The molecule has 2 rings (SSSR count). The van der Waals surface area contributed by atoms with Crippen LogP contribution in [-0.2, 0) is 4.74 Å². The Labute approximate surface area is 102 Å². The molecule has 1 unspecified atom stereocenters. The molecule has 3 N–H and O–H groups in total. The van der Waals surface area contributed by atoms with Crippen LogP contribution in [0.4, 0.5) is 4.39 Å². The van der Waals surface area contributed by atoms with Crippen LogP contribution < -0.4 is 11.3 Å². The zero-order chi connectivity index (χ0) is 11.5. The van der Waals surface area contributed by atoms with E-state index in [0.29, 0.717) is 17.9 Å². The molecule has 0 spiro atoms. The predicted octanol–water partition coefficient (Wildman–Crippen LogP) is 2.40. The fourth-order valence-corrected chi connectivity index (χ4v) is 2.08. The molecule has 0 saturated carbocycles. The van der Waals surface area contributed by atoms with Crippen molar-refractivity contribution in [2.45, 2.75) is 12.5 Å². The zero-order valence-electron chi connectivity index (χ0n) is 8.54. The Balaban J connectivity index is 2.35. The quantitative estimate of drug-likeness (QED) is 0.663. The Hall–Kier alpha value is -0.910. The minimum absolute atomic E-state index is 0.303. The van der Waals surface area contributed by atoms with Crippen LogP contribution in [0.1, 0.15) is 18.0 Å². The molecule has 1 aliphatic rings. The zero-order valence-corrected chi connectivity index (χ0v) is 10.1. The van der Waals surface area contributed by atoms with E-state index in [0.717, 1.165) is 10.9 Å². The summed E-state index contributed by atoms with van der Waals surface area (Å²) in [6, 6.07) is 4.32. The molecule has 0 bridgehead atoms. The van der Waals surface area contributed by atoms with Gasteiger partial charge in [-0.3, -0.25) is 5.84 Å². The van der Waals surface area contributed by atoms with Crippen molar-refractivity contribution >= 4 is 15.9 Å². The average Bonchev–Trinajstić information content (AvgIpc) is 2.78. The van der Waals surface area contributed by atoms with E-state index in [4.69, 9.17) is 10.6 Å². The standard InChI is InChI=1S/C11H12BrFN2O/c12-7-3-4-9(13)8(6-7)11(15-14)10-2-1-5-16-10/h2-4,6,11,15H,1,5,14H2. The van der Waals surface area contributed by atoms with Gasteiger partial charge in [0.05, 0.1) is 6.61 Å². The average molecular weight is 287 g/mol. The Morgan fingerprint density at radius 1 is 1.50 bits per heavy atom. The van der Waals surface area contributed by atoms with Crippen molar-refractivity contribution in [3.63, 3.8) is 0 Å². The van der Waals surface area contributed by atoms with Gasteiger partial charge in [-0.15, -0.1) is 0 Å². The molecule has 1 aromatic carbocycles. The second kappa shape index (κ2) is 4.95. The van der Waals surface area contributed by atoms with Crippen LogP contribution in [0.3, 0.4) is 0 Å². The molecule has 3 nitrogen and oxygen atoms in total. The van der Waals surface area contributed by atoms with Gasteiger partial charge in [0.1, 0.15) is 17.6 Å². The van der Waals surface area contributed by atoms with E-state index in [9.17, 15) is 4.39 Å². The number of benzene rings is 1. The molecule has 86 valence electrons. The number of nitrogens with two attached hydrogens (primary N) is 1. The van der Waals surface area contributed by atoms with E-state index in [1.165, 1.54) is 6.07 Å². The van der Waals surface area contributed by atoms with Gasteiger partial charge in [-0.2, -0.15) is 0 Å². The van der Waals surface area contributed by atoms with Crippen LogP contribution >= 0.6 is 15.9 Å². The highest BCUT2D eigenvalue weighted by atomic mass is 79.9. The highest BCUT2D eigenvalue weighted by molar-refractivity contribution is 9.10. The molecular weight excluding hydrogens is 275 g/mol. The van der Waals surface area contributed by atoms with Gasteiger partial charge in [-0.25, -0.2) is 9.82 Å². The maximum atomic E-state index is 13.7. The summed E-state index contributed by atoms with van der Waals surface area (Å²) < 4.78 is 19.9. The van der Waals surface area contributed by atoms with Gasteiger partial charge < -0.3 is 4.74 Å². The van der Waals surface area contributed by atoms with Crippen LogP contribution in [0.2, 0.25) is 0 Å². The highest BCUT2D eigenvalue weighted by Gasteiger charge is 2.22. The first kappa shape index (κ1) is 11.6. The molecular formula is C11H12BrFN2O. The third-order valence-electron chi connectivity index (χ3n) is 2.45. The van der Waals surface area contributed by atoms with Gasteiger partial charge in [0.25, 0.3) is 0 Å². The number of hydrogen-bond acceptors (Lipinski definition) is 3. The third-order valence-corrected chi connectivity index (χ3v) is 2.95. The smallest absolute Gasteiger partial charge is 0.128 e. The number of hydrazine groups is 1. The lowest BCUT2D eigenvalue weighted by Gasteiger charge is -2.18. The van der Waals surface area contributed by atoms with Gasteiger partial charge in [0.15, 0.2) is 0 Å². The summed E-state index contributed by atoms with van der Waals surface area (Å²) in [4.78, 5) is 0. The van der Waals surface area contributed by atoms with Crippen molar-refractivity contribution in [2.75, 3.05) is 6.61 Å². The summed E-state index contributed by atoms with van der Waals surface area (Å²) in [5, 5.41) is 0. The minimum Gasteiger partial charge on any atom is -0.496 e. The lowest BCUT2D eigenvalue weighted by Crippen LogP contribution is -2.30. The summed E-state index contributed by atoms with van der Waals surface area (Å²) in [7, 11) is 0. The Kier molecular flexibility index (Phi) is 3.58. The first-order chi connectivity index (χ1) is 7.72. The van der Waals surface area contributed by atoms with Crippen LogP contribution in [0.15, 0.2) is 34.5 Å². The van der Waals surface area contributed by atoms with Gasteiger partial charge in [0.2, 0.25) is 0 Å². The summed E-state index contributed by atoms with van der Waals surface area (Å²) in [5.74, 6) is 5.83. The van der Waals surface area contributed by atoms with E-state index in [-0.39, 0.29) is 5.82 Å². The topological polar surface area (TPSA) is 47.3 Å². The predicted molar refractivity (Wildman–Crippen MR) is 62.8 cm³/mol. The highest BCUT2D eigenvalue weighted by Crippen LogP contribution is 2.29. The second-order valence-corrected chi connectivity index (χ2v) is 4.42. The molecule has 0 radical (unpaired) electrons. The lowest BCUT2D eigenvalue weighted by atomic mass is 10.0. The molecule has 0 aliphatic carbocycles. The molecule has 1 aromatic rings. The SMILES string of the molecule is NNC(C1=CCCO1)c1cc(Br)ccc1F. The number of halogens is 2. The van der Waals surface area contributed by atoms with Gasteiger partial charge in [-0.05, 0) is 24.3 Å². The summed E-state index contributed by atoms with van der Waals surface area (Å²) in [6.45, 7) is 0.628. The van der Waals surface area contributed by atoms with Gasteiger partial charge in [-0.1, -0.05) is 15.9 Å². The molecule has 0 amide bonds. The van der Waals surface area contributed by atoms with Gasteiger partial charge >= 0.3 is 0 Å². The van der Waals surface area contributed by atoms with Crippen LogP contribution in [0, 0.1) is 5.82 Å².